The Morgan fingerprint density at radius 3 is 2.32 bits per heavy atom. The average Bonchev–Trinajstić information content (AvgIpc) is 2.56. The Labute approximate surface area is 130 Å². The van der Waals surface area contributed by atoms with Crippen molar-refractivity contribution in [1.82, 2.24) is 0 Å². The molecule has 0 fully saturated rings. The molecule has 22 heavy (non-hydrogen) atoms. The third-order valence-corrected chi connectivity index (χ3v) is 3.43. The first-order chi connectivity index (χ1) is 10.7. The summed E-state index contributed by atoms with van der Waals surface area (Å²) in [5.41, 5.74) is 3.52. The van der Waals surface area contributed by atoms with Crippen LogP contribution in [0.3, 0.4) is 0 Å². The van der Waals surface area contributed by atoms with Gasteiger partial charge in [0, 0.05) is 5.56 Å². The van der Waals surface area contributed by atoms with Gasteiger partial charge in [0.25, 0.3) is 0 Å². The maximum atomic E-state index is 12.3. The number of hydrogen-bond acceptors (Lipinski definition) is 2. The summed E-state index contributed by atoms with van der Waals surface area (Å²) in [4.78, 5) is 12.3. The van der Waals surface area contributed by atoms with Crippen LogP contribution in [0.5, 0.6) is 5.75 Å². The molecule has 0 N–H and O–H groups in total. The van der Waals surface area contributed by atoms with E-state index in [1.54, 1.807) is 6.07 Å². The number of carbonyl (C=O) groups is 1. The number of ether oxygens (including phenoxy) is 1. The Morgan fingerprint density at radius 2 is 1.55 bits per heavy atom. The average molecular weight is 288 g/mol. The lowest BCUT2D eigenvalue weighted by Crippen LogP contribution is -2.09. The van der Waals surface area contributed by atoms with E-state index < -0.39 is 0 Å². The molecule has 2 nitrogen and oxygen atoms in total. The van der Waals surface area contributed by atoms with Gasteiger partial charge in [-0.3, -0.25) is 0 Å². The highest BCUT2D eigenvalue weighted by Crippen LogP contribution is 2.30. The second kappa shape index (κ2) is 6.27. The smallest absolute Gasteiger partial charge is 0.343 e. The minimum atomic E-state index is -0.341. The lowest BCUT2D eigenvalue weighted by molar-refractivity contribution is 0.0735. The highest BCUT2D eigenvalue weighted by Gasteiger charge is 2.12. The molecule has 3 rings (SSSR count). The van der Waals surface area contributed by atoms with Crippen molar-refractivity contribution in [2.45, 2.75) is 6.92 Å². The lowest BCUT2D eigenvalue weighted by atomic mass is 10.0. The van der Waals surface area contributed by atoms with Gasteiger partial charge in [0.15, 0.2) is 0 Å². The normalized spacial score (nSPS) is 10.2. The van der Waals surface area contributed by atoms with Crippen molar-refractivity contribution in [2.24, 2.45) is 0 Å². The fraction of sp³-hybridized carbons (Fsp3) is 0.0500. The molecule has 0 amide bonds. The van der Waals surface area contributed by atoms with Gasteiger partial charge in [-0.05, 0) is 30.7 Å². The Kier molecular flexibility index (Phi) is 4.01. The molecule has 0 spiro atoms. The lowest BCUT2D eigenvalue weighted by Gasteiger charge is -2.10. The summed E-state index contributed by atoms with van der Waals surface area (Å²) in [5.74, 6) is 0.229. The van der Waals surface area contributed by atoms with E-state index in [9.17, 15) is 4.79 Å². The molecule has 0 atom stereocenters. The topological polar surface area (TPSA) is 26.3 Å². The third kappa shape index (κ3) is 3.07. The molecule has 0 aliphatic carbocycles. The van der Waals surface area contributed by atoms with Crippen LogP contribution in [0.2, 0.25) is 0 Å². The summed E-state index contributed by atoms with van der Waals surface area (Å²) >= 11 is 0. The summed E-state index contributed by atoms with van der Waals surface area (Å²) in [6, 6.07) is 24.9. The van der Waals surface area contributed by atoms with Gasteiger partial charge >= 0.3 is 5.97 Å². The monoisotopic (exact) mass is 288 g/mol. The third-order valence-electron chi connectivity index (χ3n) is 3.43. The van der Waals surface area contributed by atoms with Crippen molar-refractivity contribution >= 4 is 5.97 Å². The van der Waals surface area contributed by atoms with Crippen molar-refractivity contribution in [3.63, 3.8) is 0 Å². The van der Waals surface area contributed by atoms with Crippen LogP contribution >= 0.6 is 0 Å². The van der Waals surface area contributed by atoms with Gasteiger partial charge in [0.05, 0.1) is 5.56 Å². The Balaban J connectivity index is 1.92. The van der Waals surface area contributed by atoms with Crippen LogP contribution in [0.25, 0.3) is 11.1 Å². The molecule has 3 aromatic rings. The first kappa shape index (κ1) is 14.1. The van der Waals surface area contributed by atoms with Crippen molar-refractivity contribution in [3.05, 3.63) is 90.0 Å². The van der Waals surface area contributed by atoms with Crippen molar-refractivity contribution in [2.75, 3.05) is 0 Å². The summed E-state index contributed by atoms with van der Waals surface area (Å²) in [7, 11) is 0. The van der Waals surface area contributed by atoms with Crippen LogP contribution in [-0.4, -0.2) is 5.97 Å². The molecule has 2 heteroatoms. The van der Waals surface area contributed by atoms with Gasteiger partial charge in [-0.25, -0.2) is 4.79 Å². The largest absolute Gasteiger partial charge is 0.422 e. The minimum absolute atomic E-state index is 0.341. The maximum Gasteiger partial charge on any atom is 0.343 e. The molecular weight excluding hydrogens is 272 g/mol. The van der Waals surface area contributed by atoms with E-state index in [1.165, 1.54) is 0 Å². The molecule has 0 saturated carbocycles. The molecule has 0 aromatic heterocycles. The Morgan fingerprint density at radius 1 is 0.818 bits per heavy atom. The molecule has 0 radical (unpaired) electrons. The quantitative estimate of drug-likeness (QED) is 0.507. The van der Waals surface area contributed by atoms with Crippen LogP contribution in [0.4, 0.5) is 0 Å². The zero-order valence-corrected chi connectivity index (χ0v) is 12.3. The van der Waals surface area contributed by atoms with Crippen LogP contribution in [0, 0.1) is 6.92 Å². The maximum absolute atomic E-state index is 12.3. The predicted molar refractivity (Wildman–Crippen MR) is 88.0 cm³/mol. The predicted octanol–water partition coefficient (Wildman–Crippen LogP) is 4.88. The number of hydrogen-bond donors (Lipinski definition) is 0. The van der Waals surface area contributed by atoms with E-state index in [2.05, 4.69) is 0 Å². The van der Waals surface area contributed by atoms with Gasteiger partial charge in [-0.1, -0.05) is 66.2 Å². The van der Waals surface area contributed by atoms with Gasteiger partial charge in [-0.15, -0.1) is 0 Å². The van der Waals surface area contributed by atoms with Gasteiger partial charge in [0.2, 0.25) is 0 Å². The number of aryl methyl sites for hydroxylation is 1. The summed E-state index contributed by atoms with van der Waals surface area (Å²) in [6.07, 6.45) is 0. The van der Waals surface area contributed by atoms with Crippen LogP contribution in [0.15, 0.2) is 78.9 Å². The van der Waals surface area contributed by atoms with E-state index in [4.69, 9.17) is 4.74 Å². The highest BCUT2D eigenvalue weighted by molar-refractivity contribution is 5.92. The van der Waals surface area contributed by atoms with Crippen molar-refractivity contribution < 1.29 is 9.53 Å². The van der Waals surface area contributed by atoms with Gasteiger partial charge in [0.1, 0.15) is 5.75 Å². The van der Waals surface area contributed by atoms with Crippen molar-refractivity contribution in [1.29, 1.82) is 0 Å². The Bertz CT molecular complexity index is 792. The molecule has 0 heterocycles. The van der Waals surface area contributed by atoms with Crippen LogP contribution in [0.1, 0.15) is 15.9 Å². The van der Waals surface area contributed by atoms with E-state index in [1.807, 2.05) is 79.7 Å². The van der Waals surface area contributed by atoms with Gasteiger partial charge < -0.3 is 4.74 Å². The molecule has 0 saturated heterocycles. The first-order valence-corrected chi connectivity index (χ1v) is 7.17. The molecular formula is C20H16O2. The zero-order valence-electron chi connectivity index (χ0n) is 12.3. The molecule has 0 unspecified atom stereocenters. The van der Waals surface area contributed by atoms with Gasteiger partial charge in [-0.2, -0.15) is 0 Å². The van der Waals surface area contributed by atoms with Crippen LogP contribution in [-0.2, 0) is 0 Å². The van der Waals surface area contributed by atoms with Crippen LogP contribution < -0.4 is 4.74 Å². The molecule has 0 bridgehead atoms. The second-order valence-electron chi connectivity index (χ2n) is 5.12. The standard InChI is InChI=1S/C20H16O2/c1-15-8-7-11-17(14-15)20(21)22-19-13-6-5-12-18(19)16-9-3-2-4-10-16/h2-14H,1H3. The molecule has 3 aromatic carbocycles. The van der Waals surface area contributed by atoms with Crippen molar-refractivity contribution in [3.8, 4) is 16.9 Å². The second-order valence-corrected chi connectivity index (χ2v) is 5.12. The van der Waals surface area contributed by atoms with E-state index in [0.29, 0.717) is 11.3 Å². The summed E-state index contributed by atoms with van der Waals surface area (Å²) in [5, 5.41) is 0. The number of esters is 1. The number of rotatable bonds is 3. The first-order valence-electron chi connectivity index (χ1n) is 7.17. The fourth-order valence-electron chi connectivity index (χ4n) is 2.34. The highest BCUT2D eigenvalue weighted by atomic mass is 16.5. The molecule has 0 aliphatic heterocycles. The van der Waals surface area contributed by atoms with E-state index in [0.717, 1.165) is 16.7 Å². The zero-order chi connectivity index (χ0) is 15.4. The summed E-state index contributed by atoms with van der Waals surface area (Å²) < 4.78 is 5.60. The number of para-hydroxylation sites is 1. The SMILES string of the molecule is Cc1cccc(C(=O)Oc2ccccc2-c2ccccc2)c1. The van der Waals surface area contributed by atoms with E-state index >= 15 is 0 Å². The minimum Gasteiger partial charge on any atom is -0.422 e. The Hall–Kier alpha value is -2.87. The van der Waals surface area contributed by atoms with E-state index in [-0.39, 0.29) is 5.97 Å². The molecule has 108 valence electrons. The fourth-order valence-corrected chi connectivity index (χ4v) is 2.34. The number of benzene rings is 3. The number of carbonyl (C=O) groups excluding carboxylic acids is 1. The molecule has 0 aliphatic rings. The summed E-state index contributed by atoms with van der Waals surface area (Å²) in [6.45, 7) is 1.95.